The van der Waals surface area contributed by atoms with Crippen LogP contribution >= 0.6 is 0 Å². The number of benzene rings is 1. The molecule has 2 heterocycles. The van der Waals surface area contributed by atoms with Crippen LogP contribution in [-0.2, 0) is 0 Å². The predicted octanol–water partition coefficient (Wildman–Crippen LogP) is 3.48. The summed E-state index contributed by atoms with van der Waals surface area (Å²) in [5.74, 6) is 0. The Kier molecular flexibility index (Phi) is 4.95. The third-order valence-corrected chi connectivity index (χ3v) is 2.90. The van der Waals surface area contributed by atoms with Gasteiger partial charge in [-0.15, -0.1) is 0 Å². The molecule has 20 heavy (non-hydrogen) atoms. The fraction of sp³-hybridized carbons (Fsp3) is 0.118. The quantitative estimate of drug-likeness (QED) is 0.830. The van der Waals surface area contributed by atoms with Gasteiger partial charge >= 0.3 is 0 Å². The first-order valence-corrected chi connectivity index (χ1v) is 6.66. The van der Waals surface area contributed by atoms with Crippen LogP contribution in [0.1, 0.15) is 13.3 Å². The van der Waals surface area contributed by atoms with Crippen molar-refractivity contribution in [2.24, 2.45) is 0 Å². The standard InChI is InChI=1S/C9H7NO.C8H11N/c11-9-6-5-7-3-1-2-4-8(7)10-9;1-2-8-6-4-3-5-7-9-8/h1-6H,(H,10,11);3-7,9H,2H2,1H3. The molecule has 3 heteroatoms. The van der Waals surface area contributed by atoms with E-state index in [-0.39, 0.29) is 5.56 Å². The van der Waals surface area contributed by atoms with Crippen molar-refractivity contribution >= 4 is 10.9 Å². The van der Waals surface area contributed by atoms with Crippen molar-refractivity contribution in [2.45, 2.75) is 13.3 Å². The maximum Gasteiger partial charge on any atom is 0.248 e. The molecule has 0 radical (unpaired) electrons. The SMILES string of the molecule is CCC1=CC=CC=CN1.O=c1ccc2ccccc2[nH]1. The van der Waals surface area contributed by atoms with Crippen LogP contribution < -0.4 is 10.9 Å². The van der Waals surface area contributed by atoms with Gasteiger partial charge in [-0.05, 0) is 36.1 Å². The molecule has 0 aliphatic carbocycles. The van der Waals surface area contributed by atoms with E-state index in [1.165, 1.54) is 11.8 Å². The van der Waals surface area contributed by atoms with Gasteiger partial charge in [0.05, 0.1) is 0 Å². The zero-order valence-electron chi connectivity index (χ0n) is 11.5. The summed E-state index contributed by atoms with van der Waals surface area (Å²) in [6, 6.07) is 11.0. The number of fused-ring (bicyclic) bond motifs is 1. The first-order chi connectivity index (χ1) is 9.79. The van der Waals surface area contributed by atoms with Gasteiger partial charge in [-0.25, -0.2) is 0 Å². The van der Waals surface area contributed by atoms with E-state index in [0.717, 1.165) is 17.3 Å². The van der Waals surface area contributed by atoms with Crippen molar-refractivity contribution < 1.29 is 0 Å². The number of nitrogens with one attached hydrogen (secondary N) is 2. The molecule has 3 rings (SSSR count). The van der Waals surface area contributed by atoms with Crippen molar-refractivity contribution in [3.8, 4) is 0 Å². The van der Waals surface area contributed by atoms with Gasteiger partial charge in [0.15, 0.2) is 0 Å². The van der Waals surface area contributed by atoms with E-state index in [1.807, 2.05) is 54.8 Å². The molecule has 1 aromatic carbocycles. The second-order valence-corrected chi connectivity index (χ2v) is 4.34. The molecule has 0 atom stereocenters. The third-order valence-electron chi connectivity index (χ3n) is 2.90. The number of allylic oxidation sites excluding steroid dienone is 5. The second kappa shape index (κ2) is 7.14. The van der Waals surface area contributed by atoms with Crippen LogP contribution in [-0.4, -0.2) is 4.98 Å². The lowest BCUT2D eigenvalue weighted by Gasteiger charge is -1.98. The zero-order valence-corrected chi connectivity index (χ0v) is 11.5. The maximum atomic E-state index is 10.8. The van der Waals surface area contributed by atoms with Gasteiger partial charge in [0.1, 0.15) is 0 Å². The van der Waals surface area contributed by atoms with E-state index in [4.69, 9.17) is 0 Å². The average Bonchev–Trinajstić information content (AvgIpc) is 2.76. The van der Waals surface area contributed by atoms with Crippen LogP contribution in [0.2, 0.25) is 0 Å². The Morgan fingerprint density at radius 1 is 1.00 bits per heavy atom. The molecule has 3 nitrogen and oxygen atoms in total. The highest BCUT2D eigenvalue weighted by Crippen LogP contribution is 2.06. The summed E-state index contributed by atoms with van der Waals surface area (Å²) in [4.78, 5) is 13.6. The number of hydrogen-bond acceptors (Lipinski definition) is 2. The lowest BCUT2D eigenvalue weighted by atomic mass is 10.2. The highest BCUT2D eigenvalue weighted by molar-refractivity contribution is 5.77. The van der Waals surface area contributed by atoms with Gasteiger partial charge in [-0.1, -0.05) is 37.3 Å². The lowest BCUT2D eigenvalue weighted by Crippen LogP contribution is -2.01. The van der Waals surface area contributed by atoms with Gasteiger partial charge in [0, 0.05) is 23.5 Å². The average molecular weight is 266 g/mol. The van der Waals surface area contributed by atoms with Crippen LogP contribution in [0.4, 0.5) is 0 Å². The Labute approximate surface area is 118 Å². The normalized spacial score (nSPS) is 12.9. The largest absolute Gasteiger partial charge is 0.365 e. The van der Waals surface area contributed by atoms with Crippen LogP contribution in [0.25, 0.3) is 10.9 Å². The number of para-hydroxylation sites is 1. The van der Waals surface area contributed by atoms with E-state index in [1.54, 1.807) is 0 Å². The van der Waals surface area contributed by atoms with Crippen molar-refractivity contribution in [3.05, 3.63) is 83.0 Å². The molecule has 0 saturated heterocycles. The Bertz CT molecular complexity index is 708. The molecule has 2 aromatic rings. The lowest BCUT2D eigenvalue weighted by molar-refractivity contribution is 0.947. The summed E-state index contributed by atoms with van der Waals surface area (Å²) in [5, 5.41) is 4.21. The van der Waals surface area contributed by atoms with Crippen LogP contribution in [0, 0.1) is 0 Å². The molecular weight excluding hydrogens is 248 g/mol. The highest BCUT2D eigenvalue weighted by atomic mass is 16.1. The molecule has 2 N–H and O–H groups in total. The summed E-state index contributed by atoms with van der Waals surface area (Å²) in [6.45, 7) is 2.13. The molecule has 1 aliphatic rings. The molecule has 1 aromatic heterocycles. The number of aromatic nitrogens is 1. The summed E-state index contributed by atoms with van der Waals surface area (Å²) in [6.07, 6.45) is 11.1. The Hall–Kier alpha value is -2.55. The van der Waals surface area contributed by atoms with E-state index < -0.39 is 0 Å². The van der Waals surface area contributed by atoms with Crippen molar-refractivity contribution in [1.82, 2.24) is 10.3 Å². The van der Waals surface area contributed by atoms with E-state index in [0.29, 0.717) is 0 Å². The molecule has 102 valence electrons. The number of aromatic amines is 1. The first-order valence-electron chi connectivity index (χ1n) is 6.66. The van der Waals surface area contributed by atoms with Crippen LogP contribution in [0.15, 0.2) is 77.4 Å². The van der Waals surface area contributed by atoms with Crippen LogP contribution in [0.3, 0.4) is 0 Å². The number of H-pyrrole nitrogens is 1. The number of rotatable bonds is 1. The van der Waals surface area contributed by atoms with Crippen molar-refractivity contribution in [3.63, 3.8) is 0 Å². The van der Waals surface area contributed by atoms with Gasteiger partial charge in [0.25, 0.3) is 0 Å². The Morgan fingerprint density at radius 2 is 1.85 bits per heavy atom. The van der Waals surface area contributed by atoms with E-state index >= 15 is 0 Å². The second-order valence-electron chi connectivity index (χ2n) is 4.34. The molecule has 0 unspecified atom stereocenters. The van der Waals surface area contributed by atoms with Gasteiger partial charge < -0.3 is 10.3 Å². The first kappa shape index (κ1) is 13.9. The minimum atomic E-state index is -0.0521. The van der Waals surface area contributed by atoms with Crippen molar-refractivity contribution in [2.75, 3.05) is 0 Å². The summed E-state index contributed by atoms with van der Waals surface area (Å²) < 4.78 is 0. The van der Waals surface area contributed by atoms with Crippen molar-refractivity contribution in [1.29, 1.82) is 0 Å². The maximum absolute atomic E-state index is 10.8. The number of pyridine rings is 1. The molecule has 0 bridgehead atoms. The zero-order chi connectivity index (χ0) is 14.2. The third kappa shape index (κ3) is 3.99. The smallest absolute Gasteiger partial charge is 0.248 e. The predicted molar refractivity (Wildman–Crippen MR) is 84.4 cm³/mol. The topological polar surface area (TPSA) is 44.9 Å². The molecule has 0 amide bonds. The van der Waals surface area contributed by atoms with Crippen LogP contribution in [0.5, 0.6) is 0 Å². The Morgan fingerprint density at radius 3 is 2.70 bits per heavy atom. The van der Waals surface area contributed by atoms with E-state index in [9.17, 15) is 4.79 Å². The monoisotopic (exact) mass is 266 g/mol. The summed E-state index contributed by atoms with van der Waals surface area (Å²) in [7, 11) is 0. The fourth-order valence-corrected chi connectivity index (χ4v) is 1.81. The van der Waals surface area contributed by atoms with Gasteiger partial charge in [0.2, 0.25) is 5.56 Å². The number of hydrogen-bond donors (Lipinski definition) is 2. The molecule has 0 saturated carbocycles. The molecule has 1 aliphatic heterocycles. The fourth-order valence-electron chi connectivity index (χ4n) is 1.81. The molecular formula is C17H18N2O. The summed E-state index contributed by atoms with van der Waals surface area (Å²) in [5.41, 5.74) is 2.10. The highest BCUT2D eigenvalue weighted by Gasteiger charge is 1.89. The molecule has 0 spiro atoms. The van der Waals surface area contributed by atoms with Gasteiger partial charge in [-0.3, -0.25) is 4.79 Å². The minimum absolute atomic E-state index is 0.0521. The molecule has 0 fully saturated rings. The Balaban J connectivity index is 0.000000151. The van der Waals surface area contributed by atoms with E-state index in [2.05, 4.69) is 23.3 Å². The van der Waals surface area contributed by atoms with Gasteiger partial charge in [-0.2, -0.15) is 0 Å². The summed E-state index contributed by atoms with van der Waals surface area (Å²) >= 11 is 0. The minimum Gasteiger partial charge on any atom is -0.365 e.